The smallest absolute Gasteiger partial charge is 0.307 e. The minimum Gasteiger partial charge on any atom is -0.451 e. The van der Waals surface area contributed by atoms with Crippen LogP contribution in [0.1, 0.15) is 16.1 Å². The molecule has 1 amide bonds. The van der Waals surface area contributed by atoms with Crippen molar-refractivity contribution in [2.45, 2.75) is 0 Å². The maximum atomic E-state index is 13.7. The first-order chi connectivity index (χ1) is 12.6. The molecule has 0 bridgehead atoms. The van der Waals surface area contributed by atoms with Crippen molar-refractivity contribution in [1.29, 1.82) is 0 Å². The molecule has 1 heterocycles. The maximum absolute atomic E-state index is 13.7. The third-order valence-corrected chi connectivity index (χ3v) is 4.34. The number of furan rings is 1. The van der Waals surface area contributed by atoms with Crippen LogP contribution in [0.2, 0.25) is 5.02 Å². The van der Waals surface area contributed by atoms with Gasteiger partial charge in [-0.05, 0) is 35.0 Å². The lowest BCUT2D eigenvalue weighted by molar-refractivity contribution is 0.0929. The Balaban J connectivity index is 1.60. The van der Waals surface area contributed by atoms with Gasteiger partial charge in [0.1, 0.15) is 11.4 Å². The Hall–Kier alpha value is -3.18. The quantitative estimate of drug-likeness (QED) is 0.403. The molecule has 26 heavy (non-hydrogen) atoms. The Morgan fingerprint density at radius 2 is 1.92 bits per heavy atom. The Kier molecular flexibility index (Phi) is 4.14. The van der Waals surface area contributed by atoms with Crippen LogP contribution < -0.4 is 5.43 Å². The Bertz CT molecular complexity index is 1150. The van der Waals surface area contributed by atoms with Gasteiger partial charge in [0.05, 0.1) is 11.2 Å². The number of hydrogen-bond donors (Lipinski definition) is 1. The average Bonchev–Trinajstić information content (AvgIpc) is 3.09. The van der Waals surface area contributed by atoms with Crippen molar-refractivity contribution in [3.05, 3.63) is 82.8 Å². The summed E-state index contributed by atoms with van der Waals surface area (Å²) in [5.74, 6) is -0.937. The number of carbonyl (C=O) groups is 1. The van der Waals surface area contributed by atoms with Crippen molar-refractivity contribution < 1.29 is 13.6 Å². The summed E-state index contributed by atoms with van der Waals surface area (Å²) in [6.45, 7) is 0. The van der Waals surface area contributed by atoms with Crippen LogP contribution in [-0.2, 0) is 0 Å². The normalized spacial score (nSPS) is 11.5. The first-order valence-electron chi connectivity index (χ1n) is 7.82. The van der Waals surface area contributed by atoms with Gasteiger partial charge in [0.25, 0.3) is 0 Å². The van der Waals surface area contributed by atoms with Gasteiger partial charge in [-0.3, -0.25) is 4.79 Å². The van der Waals surface area contributed by atoms with Crippen molar-refractivity contribution in [2.24, 2.45) is 5.10 Å². The molecule has 4 aromatic rings. The summed E-state index contributed by atoms with van der Waals surface area (Å²) in [5, 5.41) is 6.86. The Labute approximate surface area is 152 Å². The molecule has 4 rings (SSSR count). The number of carbonyl (C=O) groups excluding carboxylic acids is 1. The molecule has 0 aliphatic heterocycles. The minimum atomic E-state index is -0.533. The zero-order valence-corrected chi connectivity index (χ0v) is 14.1. The standard InChI is InChI=1S/C20H12ClFN2O2/c21-16-6-3-7-17(22)15(16)11-23-24-20(25)19-10-14-13-5-2-1-4-12(13)8-9-18(14)26-19/h1-11H,(H,24,25)/b23-11-. The summed E-state index contributed by atoms with van der Waals surface area (Å²) in [6.07, 6.45) is 1.16. The van der Waals surface area contributed by atoms with Gasteiger partial charge in [0.2, 0.25) is 0 Å². The van der Waals surface area contributed by atoms with Gasteiger partial charge in [0.15, 0.2) is 5.76 Å². The van der Waals surface area contributed by atoms with Gasteiger partial charge < -0.3 is 4.42 Å². The van der Waals surface area contributed by atoms with E-state index in [9.17, 15) is 9.18 Å². The van der Waals surface area contributed by atoms with E-state index < -0.39 is 11.7 Å². The topological polar surface area (TPSA) is 54.6 Å². The zero-order valence-electron chi connectivity index (χ0n) is 13.4. The highest BCUT2D eigenvalue weighted by atomic mass is 35.5. The summed E-state index contributed by atoms with van der Waals surface area (Å²) in [4.78, 5) is 12.3. The predicted molar refractivity (Wildman–Crippen MR) is 100 cm³/mol. The molecule has 3 aromatic carbocycles. The van der Waals surface area contributed by atoms with Crippen molar-refractivity contribution in [3.8, 4) is 0 Å². The van der Waals surface area contributed by atoms with Gasteiger partial charge in [0, 0.05) is 10.9 Å². The second-order valence-electron chi connectivity index (χ2n) is 5.64. The number of nitrogens with zero attached hydrogens (tertiary/aromatic N) is 1. The average molecular weight is 367 g/mol. The summed E-state index contributed by atoms with van der Waals surface area (Å²) in [5.41, 5.74) is 3.03. The molecule has 0 saturated carbocycles. The molecule has 0 fully saturated rings. The van der Waals surface area contributed by atoms with E-state index in [1.165, 1.54) is 18.2 Å². The molecule has 128 valence electrons. The van der Waals surface area contributed by atoms with Crippen LogP contribution >= 0.6 is 11.6 Å². The van der Waals surface area contributed by atoms with Crippen LogP contribution in [0.5, 0.6) is 0 Å². The lowest BCUT2D eigenvalue weighted by atomic mass is 10.1. The van der Waals surface area contributed by atoms with Crippen LogP contribution in [0.25, 0.3) is 21.7 Å². The molecule has 6 heteroatoms. The fraction of sp³-hybridized carbons (Fsp3) is 0. The number of halogens is 2. The van der Waals surface area contributed by atoms with E-state index in [0.717, 1.165) is 22.4 Å². The molecular weight excluding hydrogens is 355 g/mol. The molecular formula is C20H12ClFN2O2. The Morgan fingerprint density at radius 1 is 1.08 bits per heavy atom. The summed E-state index contributed by atoms with van der Waals surface area (Å²) >= 11 is 5.91. The molecule has 0 spiro atoms. The number of nitrogens with one attached hydrogen (secondary N) is 1. The highest BCUT2D eigenvalue weighted by Gasteiger charge is 2.13. The van der Waals surface area contributed by atoms with Crippen molar-refractivity contribution >= 4 is 45.5 Å². The van der Waals surface area contributed by atoms with E-state index >= 15 is 0 Å². The number of amides is 1. The zero-order chi connectivity index (χ0) is 18.1. The third-order valence-electron chi connectivity index (χ3n) is 4.01. The summed E-state index contributed by atoms with van der Waals surface area (Å²) < 4.78 is 19.3. The van der Waals surface area contributed by atoms with Gasteiger partial charge in [-0.25, -0.2) is 9.82 Å². The van der Waals surface area contributed by atoms with E-state index in [4.69, 9.17) is 16.0 Å². The second-order valence-corrected chi connectivity index (χ2v) is 6.05. The van der Waals surface area contributed by atoms with Crippen LogP contribution in [-0.4, -0.2) is 12.1 Å². The fourth-order valence-corrected chi connectivity index (χ4v) is 2.96. The lowest BCUT2D eigenvalue weighted by Gasteiger charge is -1.99. The van der Waals surface area contributed by atoms with E-state index in [1.807, 2.05) is 36.4 Å². The molecule has 1 aromatic heterocycles. The first-order valence-corrected chi connectivity index (χ1v) is 8.20. The lowest BCUT2D eigenvalue weighted by Crippen LogP contribution is -2.16. The monoisotopic (exact) mass is 366 g/mol. The molecule has 0 aliphatic rings. The van der Waals surface area contributed by atoms with Gasteiger partial charge in [-0.2, -0.15) is 5.10 Å². The van der Waals surface area contributed by atoms with E-state index in [2.05, 4.69) is 10.5 Å². The molecule has 1 N–H and O–H groups in total. The van der Waals surface area contributed by atoms with E-state index in [0.29, 0.717) is 5.58 Å². The van der Waals surface area contributed by atoms with Crippen LogP contribution in [0.15, 0.2) is 70.2 Å². The molecule has 0 radical (unpaired) electrons. The van der Waals surface area contributed by atoms with E-state index in [-0.39, 0.29) is 16.3 Å². The number of hydrogen-bond acceptors (Lipinski definition) is 3. The van der Waals surface area contributed by atoms with Crippen LogP contribution in [0.4, 0.5) is 4.39 Å². The van der Waals surface area contributed by atoms with Crippen LogP contribution in [0.3, 0.4) is 0 Å². The van der Waals surface area contributed by atoms with Gasteiger partial charge >= 0.3 is 5.91 Å². The third kappa shape index (κ3) is 2.93. The Morgan fingerprint density at radius 3 is 2.77 bits per heavy atom. The number of fused-ring (bicyclic) bond motifs is 3. The summed E-state index contributed by atoms with van der Waals surface area (Å²) in [6, 6.07) is 17.5. The molecule has 0 aliphatic carbocycles. The maximum Gasteiger partial charge on any atom is 0.307 e. The van der Waals surface area contributed by atoms with Crippen LogP contribution in [0, 0.1) is 5.82 Å². The molecule has 0 atom stereocenters. The van der Waals surface area contributed by atoms with Gasteiger partial charge in [-0.15, -0.1) is 0 Å². The molecule has 0 saturated heterocycles. The number of rotatable bonds is 3. The second kappa shape index (κ2) is 6.61. The first kappa shape index (κ1) is 16.3. The van der Waals surface area contributed by atoms with Crippen molar-refractivity contribution in [2.75, 3.05) is 0 Å². The van der Waals surface area contributed by atoms with Gasteiger partial charge in [-0.1, -0.05) is 48.0 Å². The fourth-order valence-electron chi connectivity index (χ4n) is 2.75. The SMILES string of the molecule is O=C(N/N=C\c1c(F)cccc1Cl)c1cc2c(ccc3ccccc32)o1. The molecule has 0 unspecified atom stereocenters. The number of hydrazone groups is 1. The minimum absolute atomic E-state index is 0.102. The van der Waals surface area contributed by atoms with E-state index in [1.54, 1.807) is 6.07 Å². The largest absolute Gasteiger partial charge is 0.451 e. The number of benzene rings is 3. The van der Waals surface area contributed by atoms with Crippen molar-refractivity contribution in [1.82, 2.24) is 5.43 Å². The van der Waals surface area contributed by atoms with Crippen molar-refractivity contribution in [3.63, 3.8) is 0 Å². The highest BCUT2D eigenvalue weighted by Crippen LogP contribution is 2.28. The predicted octanol–water partition coefficient (Wildman–Crippen LogP) is 5.14. The molecule has 4 nitrogen and oxygen atoms in total. The summed E-state index contributed by atoms with van der Waals surface area (Å²) in [7, 11) is 0. The highest BCUT2D eigenvalue weighted by molar-refractivity contribution is 6.33.